The van der Waals surface area contributed by atoms with E-state index >= 15 is 0 Å². The summed E-state index contributed by atoms with van der Waals surface area (Å²) >= 11 is 1.55. The Labute approximate surface area is 112 Å². The van der Waals surface area contributed by atoms with Crippen LogP contribution in [-0.4, -0.2) is 54.6 Å². The first-order chi connectivity index (χ1) is 8.75. The molecule has 2 fully saturated rings. The van der Waals surface area contributed by atoms with Crippen molar-refractivity contribution in [2.75, 3.05) is 37.9 Å². The average molecular weight is 272 g/mol. The summed E-state index contributed by atoms with van der Waals surface area (Å²) < 4.78 is 5.47. The molecule has 0 bridgehead atoms. The molecule has 2 amide bonds. The van der Waals surface area contributed by atoms with Gasteiger partial charge in [0.25, 0.3) is 0 Å². The Morgan fingerprint density at radius 1 is 1.50 bits per heavy atom. The van der Waals surface area contributed by atoms with E-state index in [1.165, 1.54) is 12.8 Å². The van der Waals surface area contributed by atoms with Gasteiger partial charge in [0, 0.05) is 19.8 Å². The number of rotatable bonds is 8. The maximum atomic E-state index is 11.5. The van der Waals surface area contributed by atoms with Crippen molar-refractivity contribution in [1.29, 1.82) is 0 Å². The molecule has 1 saturated heterocycles. The van der Waals surface area contributed by atoms with E-state index in [0.29, 0.717) is 24.8 Å². The monoisotopic (exact) mass is 272 g/mol. The minimum absolute atomic E-state index is 0.0583. The molecule has 0 spiro atoms. The third-order valence-corrected chi connectivity index (χ3v) is 3.94. The standard InChI is InChI=1S/C12H20N2O3S/c15-11(6-14-9-18-8-12(14)16)13-4-1-5-17-7-10-2-3-10/h10H,1-9H2,(H,13,15). The Hall–Kier alpha value is -0.750. The van der Waals surface area contributed by atoms with Crippen molar-refractivity contribution in [2.24, 2.45) is 5.92 Å². The highest BCUT2D eigenvalue weighted by Crippen LogP contribution is 2.28. The van der Waals surface area contributed by atoms with Crippen molar-refractivity contribution < 1.29 is 14.3 Å². The molecular formula is C12H20N2O3S. The van der Waals surface area contributed by atoms with E-state index in [2.05, 4.69) is 5.32 Å². The van der Waals surface area contributed by atoms with Crippen LogP contribution in [0.1, 0.15) is 19.3 Å². The van der Waals surface area contributed by atoms with Crippen LogP contribution in [0.2, 0.25) is 0 Å². The molecule has 5 nitrogen and oxygen atoms in total. The Morgan fingerprint density at radius 2 is 2.33 bits per heavy atom. The van der Waals surface area contributed by atoms with Crippen LogP contribution in [0, 0.1) is 5.92 Å². The number of amides is 2. The average Bonchev–Trinajstić information content (AvgIpc) is 3.09. The van der Waals surface area contributed by atoms with Gasteiger partial charge in [-0.15, -0.1) is 11.8 Å². The van der Waals surface area contributed by atoms with Gasteiger partial charge in [-0.25, -0.2) is 0 Å². The van der Waals surface area contributed by atoms with Crippen molar-refractivity contribution in [3.8, 4) is 0 Å². The molecule has 1 heterocycles. The zero-order chi connectivity index (χ0) is 12.8. The van der Waals surface area contributed by atoms with Crippen LogP contribution in [0.15, 0.2) is 0 Å². The Bertz CT molecular complexity index is 308. The van der Waals surface area contributed by atoms with Crippen LogP contribution >= 0.6 is 11.8 Å². The number of carbonyl (C=O) groups is 2. The van der Waals surface area contributed by atoms with Gasteiger partial charge in [0.2, 0.25) is 11.8 Å². The van der Waals surface area contributed by atoms with Crippen molar-refractivity contribution in [3.05, 3.63) is 0 Å². The number of thioether (sulfide) groups is 1. The number of hydrogen-bond donors (Lipinski definition) is 1. The number of hydrogen-bond acceptors (Lipinski definition) is 4. The summed E-state index contributed by atoms with van der Waals surface area (Å²) in [6.45, 7) is 2.39. The predicted molar refractivity (Wildman–Crippen MR) is 70.2 cm³/mol. The van der Waals surface area contributed by atoms with Crippen molar-refractivity contribution >= 4 is 23.6 Å². The molecule has 1 aliphatic heterocycles. The summed E-state index contributed by atoms with van der Waals surface area (Å²) in [6.07, 6.45) is 3.44. The van der Waals surface area contributed by atoms with Gasteiger partial charge in [-0.1, -0.05) is 0 Å². The van der Waals surface area contributed by atoms with E-state index in [1.54, 1.807) is 16.7 Å². The third kappa shape index (κ3) is 4.86. The van der Waals surface area contributed by atoms with Crippen LogP contribution < -0.4 is 5.32 Å². The lowest BCUT2D eigenvalue weighted by Crippen LogP contribution is -2.38. The largest absolute Gasteiger partial charge is 0.381 e. The summed E-state index contributed by atoms with van der Waals surface area (Å²) in [5, 5.41) is 2.81. The lowest BCUT2D eigenvalue weighted by atomic mass is 10.4. The molecule has 0 aromatic heterocycles. The normalized spacial score (nSPS) is 19.3. The van der Waals surface area contributed by atoms with E-state index < -0.39 is 0 Å². The van der Waals surface area contributed by atoms with Gasteiger partial charge < -0.3 is 15.0 Å². The second-order valence-electron chi connectivity index (χ2n) is 4.79. The molecule has 2 rings (SSSR count). The number of carbonyl (C=O) groups excluding carboxylic acids is 2. The molecule has 0 unspecified atom stereocenters. The van der Waals surface area contributed by atoms with Gasteiger partial charge >= 0.3 is 0 Å². The molecule has 0 aromatic rings. The Morgan fingerprint density at radius 3 is 3.00 bits per heavy atom. The molecule has 0 radical (unpaired) electrons. The van der Waals surface area contributed by atoms with E-state index in [4.69, 9.17) is 4.74 Å². The van der Waals surface area contributed by atoms with Crippen LogP contribution in [0.25, 0.3) is 0 Å². The van der Waals surface area contributed by atoms with E-state index in [-0.39, 0.29) is 18.4 Å². The molecule has 2 aliphatic rings. The summed E-state index contributed by atoms with van der Waals surface area (Å²) in [6, 6.07) is 0. The molecular weight excluding hydrogens is 252 g/mol. The smallest absolute Gasteiger partial charge is 0.239 e. The SMILES string of the molecule is O=C(CN1CSCC1=O)NCCCOCC1CC1. The summed E-state index contributed by atoms with van der Waals surface area (Å²) in [7, 11) is 0. The van der Waals surface area contributed by atoms with Crippen molar-refractivity contribution in [1.82, 2.24) is 10.2 Å². The summed E-state index contributed by atoms with van der Waals surface area (Å²) in [4.78, 5) is 24.4. The molecule has 1 N–H and O–H groups in total. The van der Waals surface area contributed by atoms with Gasteiger partial charge in [0.05, 0.1) is 11.6 Å². The van der Waals surface area contributed by atoms with Gasteiger partial charge in [-0.05, 0) is 25.2 Å². The maximum absolute atomic E-state index is 11.5. The number of ether oxygens (including phenoxy) is 1. The molecule has 0 aromatic carbocycles. The van der Waals surface area contributed by atoms with E-state index in [1.807, 2.05) is 0 Å². The van der Waals surface area contributed by atoms with Crippen LogP contribution in [-0.2, 0) is 14.3 Å². The maximum Gasteiger partial charge on any atom is 0.239 e. The third-order valence-electron chi connectivity index (χ3n) is 3.00. The van der Waals surface area contributed by atoms with Crippen LogP contribution in [0.4, 0.5) is 0 Å². The van der Waals surface area contributed by atoms with Crippen LogP contribution in [0.5, 0.6) is 0 Å². The Kier molecular flexibility index (Phi) is 5.31. The minimum atomic E-state index is -0.0759. The first kappa shape index (κ1) is 13.7. The summed E-state index contributed by atoms with van der Waals surface area (Å²) in [5.74, 6) is 1.91. The molecule has 0 atom stereocenters. The zero-order valence-corrected chi connectivity index (χ0v) is 11.3. The molecule has 1 saturated carbocycles. The van der Waals surface area contributed by atoms with Gasteiger partial charge in [-0.2, -0.15) is 0 Å². The minimum Gasteiger partial charge on any atom is -0.381 e. The van der Waals surface area contributed by atoms with Gasteiger partial charge in [-0.3, -0.25) is 9.59 Å². The first-order valence-electron chi connectivity index (χ1n) is 6.45. The second kappa shape index (κ2) is 6.99. The van der Waals surface area contributed by atoms with Gasteiger partial charge in [0.15, 0.2) is 0 Å². The van der Waals surface area contributed by atoms with E-state index in [0.717, 1.165) is 18.9 Å². The highest BCUT2D eigenvalue weighted by Gasteiger charge is 2.22. The predicted octanol–water partition coefficient (Wildman–Crippen LogP) is 0.452. The summed E-state index contributed by atoms with van der Waals surface area (Å²) in [5.41, 5.74) is 0. The second-order valence-corrected chi connectivity index (χ2v) is 5.75. The first-order valence-corrected chi connectivity index (χ1v) is 7.61. The molecule has 18 heavy (non-hydrogen) atoms. The number of nitrogens with one attached hydrogen (secondary N) is 1. The number of nitrogens with zero attached hydrogens (tertiary/aromatic N) is 1. The lowest BCUT2D eigenvalue weighted by Gasteiger charge is -2.14. The van der Waals surface area contributed by atoms with Crippen molar-refractivity contribution in [3.63, 3.8) is 0 Å². The quantitative estimate of drug-likeness (QED) is 0.652. The highest BCUT2D eigenvalue weighted by atomic mass is 32.2. The fraction of sp³-hybridized carbons (Fsp3) is 0.833. The van der Waals surface area contributed by atoms with Gasteiger partial charge in [0.1, 0.15) is 6.54 Å². The fourth-order valence-corrected chi connectivity index (χ4v) is 2.61. The molecule has 102 valence electrons. The fourth-order valence-electron chi connectivity index (χ4n) is 1.71. The topological polar surface area (TPSA) is 58.6 Å². The van der Waals surface area contributed by atoms with Crippen LogP contribution in [0.3, 0.4) is 0 Å². The Balaban J connectivity index is 1.45. The highest BCUT2D eigenvalue weighted by molar-refractivity contribution is 8.00. The lowest BCUT2D eigenvalue weighted by molar-refractivity contribution is -0.132. The zero-order valence-electron chi connectivity index (χ0n) is 10.5. The molecule has 6 heteroatoms. The van der Waals surface area contributed by atoms with E-state index in [9.17, 15) is 9.59 Å². The molecule has 1 aliphatic carbocycles. The van der Waals surface area contributed by atoms with Crippen molar-refractivity contribution in [2.45, 2.75) is 19.3 Å².